The number of nitrogens with one attached hydrogen (secondary N) is 1. The lowest BCUT2D eigenvalue weighted by Crippen LogP contribution is -2.54. The molecule has 0 atom stereocenters. The van der Waals surface area contributed by atoms with Crippen LogP contribution >= 0.6 is 31.9 Å². The fraction of sp³-hybridized carbons (Fsp3) is 0. The van der Waals surface area contributed by atoms with Gasteiger partial charge >= 0.3 is 12.0 Å². The van der Waals surface area contributed by atoms with Crippen LogP contribution in [0.25, 0.3) is 12.2 Å². The maximum atomic E-state index is 13.2. The third-order valence-corrected chi connectivity index (χ3v) is 6.18. The van der Waals surface area contributed by atoms with Gasteiger partial charge in [-0.1, -0.05) is 44.0 Å². The number of hydrogen-bond donors (Lipinski definition) is 1. The zero-order chi connectivity index (χ0) is 27.4. The third-order valence-electron chi connectivity index (χ3n) is 5.16. The summed E-state index contributed by atoms with van der Waals surface area (Å²) in [7, 11) is 0. The molecule has 1 fully saturated rings. The van der Waals surface area contributed by atoms with Crippen LogP contribution < -0.4 is 15.0 Å². The number of amides is 4. The van der Waals surface area contributed by atoms with Crippen molar-refractivity contribution in [2.75, 3.05) is 4.90 Å². The molecular weight excluding hydrogens is 626 g/mol. The Bertz CT molecular complexity index is 1550. The Morgan fingerprint density at radius 1 is 0.974 bits per heavy atom. The summed E-state index contributed by atoms with van der Waals surface area (Å²) in [5.74, 6) is -2.54. The number of carbonyl (C=O) groups is 4. The molecule has 0 radical (unpaired) electrons. The predicted molar refractivity (Wildman–Crippen MR) is 145 cm³/mol. The Morgan fingerprint density at radius 2 is 1.68 bits per heavy atom. The number of rotatable bonds is 6. The lowest BCUT2D eigenvalue weighted by atomic mass is 10.1. The van der Waals surface area contributed by atoms with Gasteiger partial charge in [0.1, 0.15) is 11.3 Å². The van der Waals surface area contributed by atoms with Crippen LogP contribution in [0.15, 0.2) is 87.3 Å². The highest BCUT2D eigenvalue weighted by Crippen LogP contribution is 2.29. The number of hydrogen-bond acceptors (Lipinski definition) is 7. The monoisotopic (exact) mass is 639 g/mol. The zero-order valence-corrected chi connectivity index (χ0v) is 22.3. The predicted octanol–water partition coefficient (Wildman–Crippen LogP) is 5.41. The fourth-order valence-electron chi connectivity index (χ4n) is 3.41. The van der Waals surface area contributed by atoms with Gasteiger partial charge in [0.05, 0.1) is 10.6 Å². The number of urea groups is 1. The molecule has 0 unspecified atom stereocenters. The van der Waals surface area contributed by atoms with E-state index in [-0.39, 0.29) is 28.3 Å². The molecule has 1 heterocycles. The van der Waals surface area contributed by atoms with Crippen molar-refractivity contribution < 1.29 is 28.8 Å². The molecule has 3 aromatic carbocycles. The van der Waals surface area contributed by atoms with Gasteiger partial charge < -0.3 is 4.74 Å². The molecule has 0 aliphatic carbocycles. The molecule has 4 rings (SSSR count). The van der Waals surface area contributed by atoms with Gasteiger partial charge in [-0.15, -0.1) is 0 Å². The van der Waals surface area contributed by atoms with Crippen molar-refractivity contribution in [1.82, 2.24) is 5.32 Å². The molecule has 4 amide bonds. The van der Waals surface area contributed by atoms with E-state index < -0.39 is 28.7 Å². The number of barbiturate groups is 1. The van der Waals surface area contributed by atoms with Crippen molar-refractivity contribution in [3.05, 3.63) is 109 Å². The number of anilines is 1. The number of benzene rings is 3. The lowest BCUT2D eigenvalue weighted by molar-refractivity contribution is -0.384. The van der Waals surface area contributed by atoms with Crippen LogP contribution in [0.1, 0.15) is 11.1 Å². The van der Waals surface area contributed by atoms with E-state index in [1.54, 1.807) is 24.3 Å². The lowest BCUT2D eigenvalue weighted by Gasteiger charge is -2.26. The van der Waals surface area contributed by atoms with Gasteiger partial charge in [0, 0.05) is 32.7 Å². The highest BCUT2D eigenvalue weighted by Gasteiger charge is 2.37. The number of carbonyl (C=O) groups excluding carboxylic acids is 4. The zero-order valence-electron chi connectivity index (χ0n) is 19.1. The molecule has 10 nitrogen and oxygen atoms in total. The minimum atomic E-state index is -0.906. The maximum absolute atomic E-state index is 13.2. The Morgan fingerprint density at radius 3 is 2.39 bits per heavy atom. The number of halogens is 2. The average molecular weight is 641 g/mol. The first-order chi connectivity index (χ1) is 18.1. The van der Waals surface area contributed by atoms with E-state index in [4.69, 9.17) is 4.74 Å². The van der Waals surface area contributed by atoms with Crippen LogP contribution in [-0.4, -0.2) is 28.7 Å². The smallest absolute Gasteiger partial charge is 0.336 e. The summed E-state index contributed by atoms with van der Waals surface area (Å²) in [5, 5.41) is 13.1. The fourth-order valence-corrected chi connectivity index (χ4v) is 4.05. The topological polar surface area (TPSA) is 136 Å². The van der Waals surface area contributed by atoms with Crippen molar-refractivity contribution in [2.45, 2.75) is 0 Å². The van der Waals surface area contributed by atoms with Gasteiger partial charge in [0.15, 0.2) is 0 Å². The number of non-ortho nitro benzene ring substituents is 1. The number of esters is 1. The molecule has 12 heteroatoms. The first-order valence-corrected chi connectivity index (χ1v) is 12.3. The number of nitro groups is 1. The molecule has 1 aliphatic heterocycles. The standard InChI is InChI=1S/C26H15Br2N3O7/c27-17-5-8-19(9-6-17)30-25(34)21(24(33)29-26(30)35)14-16-13-18(28)7-10-22(16)38-23(32)11-4-15-2-1-3-20(12-15)31(36)37/h1-14H,(H,29,33,35)/b11-4+,21-14-. The Balaban J connectivity index is 1.62. The molecule has 3 aromatic rings. The molecule has 0 aromatic heterocycles. The summed E-state index contributed by atoms with van der Waals surface area (Å²) in [6, 6.07) is 15.7. The number of ether oxygens (including phenoxy) is 1. The van der Waals surface area contributed by atoms with Crippen LogP contribution in [0.5, 0.6) is 5.75 Å². The van der Waals surface area contributed by atoms with E-state index in [0.29, 0.717) is 10.0 Å². The molecule has 0 spiro atoms. The summed E-state index contributed by atoms with van der Waals surface area (Å²) < 4.78 is 6.71. The van der Waals surface area contributed by atoms with E-state index in [9.17, 15) is 29.3 Å². The highest BCUT2D eigenvalue weighted by atomic mass is 79.9. The summed E-state index contributed by atoms with van der Waals surface area (Å²) >= 11 is 6.59. The van der Waals surface area contributed by atoms with E-state index in [0.717, 1.165) is 15.4 Å². The molecular formula is C26H15Br2N3O7. The van der Waals surface area contributed by atoms with Crippen LogP contribution in [0, 0.1) is 10.1 Å². The second-order valence-corrected chi connectivity index (χ2v) is 9.55. The van der Waals surface area contributed by atoms with Gasteiger partial charge in [-0.2, -0.15) is 0 Å². The molecule has 1 saturated heterocycles. The van der Waals surface area contributed by atoms with Crippen LogP contribution in [0.4, 0.5) is 16.2 Å². The first kappa shape index (κ1) is 26.6. The largest absolute Gasteiger partial charge is 0.423 e. The summed E-state index contributed by atoms with van der Waals surface area (Å²) in [6.45, 7) is 0. The van der Waals surface area contributed by atoms with Gasteiger partial charge in [0.2, 0.25) is 0 Å². The van der Waals surface area contributed by atoms with Crippen molar-refractivity contribution in [3.8, 4) is 5.75 Å². The molecule has 1 N–H and O–H groups in total. The van der Waals surface area contributed by atoms with Crippen LogP contribution in [-0.2, 0) is 14.4 Å². The van der Waals surface area contributed by atoms with E-state index in [2.05, 4.69) is 37.2 Å². The Hall–Kier alpha value is -4.42. The van der Waals surface area contributed by atoms with Crippen molar-refractivity contribution in [2.24, 2.45) is 0 Å². The highest BCUT2D eigenvalue weighted by molar-refractivity contribution is 9.10. The summed E-state index contributed by atoms with van der Waals surface area (Å²) in [6.07, 6.45) is 3.66. The first-order valence-electron chi connectivity index (χ1n) is 10.7. The molecule has 1 aliphatic rings. The van der Waals surface area contributed by atoms with Crippen LogP contribution in [0.2, 0.25) is 0 Å². The number of nitro benzene ring substituents is 1. The Kier molecular flexibility index (Phi) is 7.93. The quantitative estimate of drug-likeness (QED) is 0.0951. The van der Waals surface area contributed by atoms with E-state index >= 15 is 0 Å². The van der Waals surface area contributed by atoms with Crippen molar-refractivity contribution in [1.29, 1.82) is 0 Å². The third kappa shape index (κ3) is 6.10. The number of nitrogens with zero attached hydrogens (tertiary/aromatic N) is 2. The maximum Gasteiger partial charge on any atom is 0.336 e. The molecule has 0 saturated carbocycles. The van der Waals surface area contributed by atoms with Gasteiger partial charge in [0.25, 0.3) is 17.5 Å². The van der Waals surface area contributed by atoms with Crippen molar-refractivity contribution in [3.63, 3.8) is 0 Å². The summed E-state index contributed by atoms with van der Waals surface area (Å²) in [4.78, 5) is 61.9. The second-order valence-electron chi connectivity index (χ2n) is 7.72. The van der Waals surface area contributed by atoms with Gasteiger partial charge in [-0.25, -0.2) is 14.5 Å². The van der Waals surface area contributed by atoms with Crippen molar-refractivity contribution >= 4 is 79.2 Å². The molecule has 0 bridgehead atoms. The molecule has 38 heavy (non-hydrogen) atoms. The van der Waals surface area contributed by atoms with Gasteiger partial charge in [-0.3, -0.25) is 25.0 Å². The Labute approximate surface area is 232 Å². The van der Waals surface area contributed by atoms with E-state index in [1.165, 1.54) is 54.6 Å². The van der Waals surface area contributed by atoms with Gasteiger partial charge in [-0.05, 0) is 60.2 Å². The minimum Gasteiger partial charge on any atom is -0.423 e. The second kappa shape index (κ2) is 11.3. The van der Waals surface area contributed by atoms with E-state index in [1.807, 2.05) is 0 Å². The minimum absolute atomic E-state index is 0.0297. The summed E-state index contributed by atoms with van der Waals surface area (Å²) in [5.41, 5.74) is 0.390. The van der Waals surface area contributed by atoms with Crippen LogP contribution in [0.3, 0.4) is 0 Å². The average Bonchev–Trinajstić information content (AvgIpc) is 2.88. The number of imide groups is 2. The normalized spacial score (nSPS) is 14.6. The SMILES string of the molecule is O=C(/C=C/c1cccc([N+](=O)[O-])c1)Oc1ccc(Br)cc1/C=C1/C(=O)NC(=O)N(c2ccc(Br)cc2)C1=O. The molecule has 190 valence electrons.